The maximum atomic E-state index is 13.2. The zero-order valence-corrected chi connectivity index (χ0v) is 33.4. The van der Waals surface area contributed by atoms with Gasteiger partial charge in [-0.15, -0.1) is 0 Å². The molecule has 13 heteroatoms. The van der Waals surface area contributed by atoms with Gasteiger partial charge < -0.3 is 36.1 Å². The maximum absolute atomic E-state index is 13.2. The van der Waals surface area contributed by atoms with Crippen molar-refractivity contribution in [2.75, 3.05) is 39.3 Å². The summed E-state index contributed by atoms with van der Waals surface area (Å²) in [4.78, 5) is 50.1. The minimum Gasteiger partial charge on any atom is -0.445 e. The molecule has 0 heterocycles. The van der Waals surface area contributed by atoms with Crippen LogP contribution in [0.25, 0.3) is 0 Å². The largest absolute Gasteiger partial charge is 0.445 e. The van der Waals surface area contributed by atoms with Gasteiger partial charge in [-0.1, -0.05) is 55.5 Å². The van der Waals surface area contributed by atoms with Gasteiger partial charge in [0.2, 0.25) is 11.8 Å². The number of esters is 1. The molecular weight excluding hydrogens is 876 g/mol. The Balaban J connectivity index is 1.28. The van der Waals surface area contributed by atoms with Crippen molar-refractivity contribution in [3.63, 3.8) is 0 Å². The Morgan fingerprint density at radius 3 is 1.92 bits per heavy atom. The minimum absolute atomic E-state index is 0.162. The van der Waals surface area contributed by atoms with Crippen LogP contribution in [0.4, 0.5) is 4.79 Å². The smallest absolute Gasteiger partial charge is 0.407 e. The van der Waals surface area contributed by atoms with Gasteiger partial charge in [-0.2, -0.15) is 0 Å². The van der Waals surface area contributed by atoms with Gasteiger partial charge in [0.15, 0.2) is 5.75 Å². The van der Waals surface area contributed by atoms with E-state index < -0.39 is 18.1 Å². The fourth-order valence-corrected chi connectivity index (χ4v) is 7.09. The summed E-state index contributed by atoms with van der Waals surface area (Å²) in [5, 5.41) is 15.5. The van der Waals surface area contributed by atoms with E-state index in [1.807, 2.05) is 55.5 Å². The second-order valence-electron chi connectivity index (χ2n) is 11.9. The van der Waals surface area contributed by atoms with Crippen LogP contribution in [0.2, 0.25) is 0 Å². The van der Waals surface area contributed by atoms with Crippen molar-refractivity contribution < 1.29 is 28.7 Å². The van der Waals surface area contributed by atoms with Gasteiger partial charge in [0.25, 0.3) is 0 Å². The summed E-state index contributed by atoms with van der Waals surface area (Å²) in [6.07, 6.45) is 4.46. The Morgan fingerprint density at radius 1 is 0.706 bits per heavy atom. The molecule has 0 radical (unpaired) electrons. The third-order valence-electron chi connectivity index (χ3n) is 7.63. The lowest BCUT2D eigenvalue weighted by Gasteiger charge is -2.20. The first-order valence-electron chi connectivity index (χ1n) is 17.4. The molecule has 3 rings (SSSR count). The molecule has 276 valence electrons. The number of hydrogen-bond acceptors (Lipinski definition) is 8. The molecule has 0 unspecified atom stereocenters. The average Bonchev–Trinajstić information content (AvgIpc) is 3.12. The molecule has 51 heavy (non-hydrogen) atoms. The lowest BCUT2D eigenvalue weighted by molar-refractivity contribution is -0.129. The number of benzene rings is 3. The molecule has 0 bridgehead atoms. The molecule has 0 fully saturated rings. The van der Waals surface area contributed by atoms with Crippen LogP contribution in [-0.2, 0) is 27.4 Å². The van der Waals surface area contributed by atoms with Gasteiger partial charge in [-0.25, -0.2) is 9.59 Å². The van der Waals surface area contributed by atoms with Gasteiger partial charge in [0.1, 0.15) is 12.6 Å². The van der Waals surface area contributed by atoms with Crippen molar-refractivity contribution in [1.82, 2.24) is 26.6 Å². The number of carbonyl (C=O) groups excluding carboxylic acids is 4. The van der Waals surface area contributed by atoms with Crippen LogP contribution in [0.3, 0.4) is 0 Å². The topological polar surface area (TPSA) is 147 Å². The number of amides is 3. The minimum atomic E-state index is -0.719. The number of hydrogen-bond donors (Lipinski definition) is 5. The van der Waals surface area contributed by atoms with Crippen LogP contribution in [0.5, 0.6) is 5.75 Å². The van der Waals surface area contributed by atoms with Crippen LogP contribution in [0.15, 0.2) is 72.8 Å². The van der Waals surface area contributed by atoms with E-state index in [9.17, 15) is 19.2 Å². The molecule has 1 atom stereocenters. The number of carbonyl (C=O) groups is 4. The van der Waals surface area contributed by atoms with Crippen molar-refractivity contribution in [2.24, 2.45) is 0 Å². The molecule has 0 aliphatic heterocycles. The molecular formula is C38H49I2N5O6. The number of rotatable bonds is 23. The van der Waals surface area contributed by atoms with E-state index in [1.54, 1.807) is 24.3 Å². The third kappa shape index (κ3) is 17.2. The van der Waals surface area contributed by atoms with Crippen molar-refractivity contribution in [3.05, 3.63) is 96.6 Å². The summed E-state index contributed by atoms with van der Waals surface area (Å²) < 4.78 is 12.4. The van der Waals surface area contributed by atoms with E-state index in [1.165, 1.54) is 0 Å². The number of alkyl carbamates (subject to hydrolysis) is 1. The van der Waals surface area contributed by atoms with E-state index >= 15 is 0 Å². The Kier molecular flexibility index (Phi) is 20.5. The summed E-state index contributed by atoms with van der Waals surface area (Å²) in [5.41, 5.74) is 2.28. The second-order valence-corrected chi connectivity index (χ2v) is 14.2. The standard InChI is InChI=1S/C38H49I2N5O6/c1-2-13-34(46)45-33(26-29-24-31(39)35(32(40)25-29)51-37(48)30-16-7-4-8-17-30)36(47)43-22-10-9-18-41-19-11-20-42-21-12-23-44-38(49)50-27-28-14-5-3-6-15-28/h3-8,14-17,24-25,33,41-42H,2,9-13,18-23,26-27H2,1H3,(H,43,47)(H,44,49)(H,45,46)/t33-/m0/s1. The maximum Gasteiger partial charge on any atom is 0.407 e. The van der Waals surface area contributed by atoms with Gasteiger partial charge in [-0.3, -0.25) is 9.59 Å². The monoisotopic (exact) mass is 925 g/mol. The van der Waals surface area contributed by atoms with Crippen LogP contribution in [0.1, 0.15) is 66.9 Å². The quantitative estimate of drug-likeness (QED) is 0.0352. The molecule has 0 spiro atoms. The first-order valence-corrected chi connectivity index (χ1v) is 19.6. The molecule has 11 nitrogen and oxygen atoms in total. The fraction of sp³-hybridized carbons (Fsp3) is 0.421. The first-order chi connectivity index (χ1) is 24.8. The van der Waals surface area contributed by atoms with Crippen molar-refractivity contribution >= 4 is 69.1 Å². The van der Waals surface area contributed by atoms with E-state index in [0.717, 1.165) is 70.1 Å². The first kappa shape index (κ1) is 42.1. The normalized spacial score (nSPS) is 11.4. The fourth-order valence-electron chi connectivity index (χ4n) is 4.97. The third-order valence-corrected chi connectivity index (χ3v) is 9.23. The summed E-state index contributed by atoms with van der Waals surface area (Å²) in [6.45, 7) is 6.68. The van der Waals surface area contributed by atoms with Gasteiger partial charge >= 0.3 is 12.1 Å². The number of nitrogens with one attached hydrogen (secondary N) is 5. The lowest BCUT2D eigenvalue weighted by atomic mass is 10.0. The molecule has 3 aromatic rings. The predicted molar refractivity (Wildman–Crippen MR) is 216 cm³/mol. The lowest BCUT2D eigenvalue weighted by Crippen LogP contribution is -2.48. The predicted octanol–water partition coefficient (Wildman–Crippen LogP) is 5.72. The zero-order chi connectivity index (χ0) is 36.7. The molecule has 0 aliphatic rings. The van der Waals surface area contributed by atoms with Crippen molar-refractivity contribution in [3.8, 4) is 5.75 Å². The number of unbranched alkanes of at least 4 members (excludes halogenated alkanes) is 1. The zero-order valence-electron chi connectivity index (χ0n) is 29.1. The highest BCUT2D eigenvalue weighted by Crippen LogP contribution is 2.30. The molecule has 5 N–H and O–H groups in total. The van der Waals surface area contributed by atoms with E-state index in [0.29, 0.717) is 43.7 Å². The van der Waals surface area contributed by atoms with E-state index in [4.69, 9.17) is 9.47 Å². The Labute approximate surface area is 328 Å². The summed E-state index contributed by atoms with van der Waals surface area (Å²) in [7, 11) is 0. The molecule has 3 aromatic carbocycles. The van der Waals surface area contributed by atoms with Crippen LogP contribution in [0, 0.1) is 7.14 Å². The van der Waals surface area contributed by atoms with E-state index in [-0.39, 0.29) is 18.4 Å². The molecule has 0 aromatic heterocycles. The highest BCUT2D eigenvalue weighted by atomic mass is 127. The van der Waals surface area contributed by atoms with E-state index in [2.05, 4.69) is 71.8 Å². The Morgan fingerprint density at radius 2 is 1.27 bits per heavy atom. The Bertz CT molecular complexity index is 1490. The van der Waals surface area contributed by atoms with Crippen LogP contribution < -0.4 is 31.3 Å². The van der Waals surface area contributed by atoms with Gasteiger partial charge in [0, 0.05) is 25.9 Å². The van der Waals surface area contributed by atoms with Crippen LogP contribution in [-0.4, -0.2) is 69.2 Å². The molecule has 0 saturated heterocycles. The van der Waals surface area contributed by atoms with Crippen LogP contribution >= 0.6 is 45.2 Å². The SMILES string of the molecule is CCCC(=O)N[C@@H](Cc1cc(I)c(OC(=O)c2ccccc2)c(I)c1)C(=O)NCCCCNCCCNCCCNC(=O)OCc1ccccc1. The van der Waals surface area contributed by atoms with Crippen molar-refractivity contribution in [1.29, 1.82) is 0 Å². The highest BCUT2D eigenvalue weighted by Gasteiger charge is 2.23. The summed E-state index contributed by atoms with van der Waals surface area (Å²) in [6, 6.07) is 21.4. The number of ether oxygens (including phenoxy) is 2. The van der Waals surface area contributed by atoms with Gasteiger partial charge in [-0.05, 0) is 139 Å². The summed E-state index contributed by atoms with van der Waals surface area (Å²) in [5.74, 6) is -0.349. The number of halogens is 2. The van der Waals surface area contributed by atoms with Crippen molar-refractivity contribution in [2.45, 2.75) is 64.5 Å². The summed E-state index contributed by atoms with van der Waals surface area (Å²) >= 11 is 4.26. The average molecular weight is 926 g/mol. The highest BCUT2D eigenvalue weighted by molar-refractivity contribution is 14.1. The Hall–Kier alpha value is -3.28. The van der Waals surface area contributed by atoms with Gasteiger partial charge in [0.05, 0.1) is 12.7 Å². The molecule has 0 aliphatic carbocycles. The molecule has 0 saturated carbocycles. The second kappa shape index (κ2) is 24.8. The molecule has 3 amide bonds.